The Bertz CT molecular complexity index is 665. The van der Waals surface area contributed by atoms with Crippen molar-refractivity contribution >= 4 is 11.6 Å². The van der Waals surface area contributed by atoms with Crippen LogP contribution in [-0.2, 0) is 4.79 Å². The molecule has 122 valence electrons. The van der Waals surface area contributed by atoms with Crippen molar-refractivity contribution in [2.45, 2.75) is 32.8 Å². The highest BCUT2D eigenvalue weighted by Gasteiger charge is 2.07. The molecule has 0 spiro atoms. The molecule has 0 saturated carbocycles. The molecule has 0 heterocycles. The van der Waals surface area contributed by atoms with Crippen LogP contribution in [0.2, 0.25) is 0 Å². The lowest BCUT2D eigenvalue weighted by Gasteiger charge is -2.11. The number of amides is 1. The van der Waals surface area contributed by atoms with E-state index in [9.17, 15) is 9.90 Å². The molecule has 4 heteroatoms. The Balaban J connectivity index is 1.93. The van der Waals surface area contributed by atoms with Gasteiger partial charge in [-0.25, -0.2) is 0 Å². The van der Waals surface area contributed by atoms with Gasteiger partial charge in [0.1, 0.15) is 5.75 Å². The molecule has 23 heavy (non-hydrogen) atoms. The summed E-state index contributed by atoms with van der Waals surface area (Å²) in [6.45, 7) is 5.83. The van der Waals surface area contributed by atoms with Gasteiger partial charge in [0.2, 0.25) is 0 Å². The highest BCUT2D eigenvalue weighted by Crippen LogP contribution is 2.20. The van der Waals surface area contributed by atoms with E-state index in [0.29, 0.717) is 11.7 Å². The standard InChI is InChI=1S/C19H23NO3/c1-13(2)15-6-4-8-17(10-15)20-19(22)12-23-18-9-5-7-16(11-18)14(3)21/h4-11,13-14,21H,12H2,1-3H3,(H,20,22). The quantitative estimate of drug-likeness (QED) is 0.851. The Morgan fingerprint density at radius 3 is 2.48 bits per heavy atom. The van der Waals surface area contributed by atoms with Crippen LogP contribution >= 0.6 is 0 Å². The van der Waals surface area contributed by atoms with Gasteiger partial charge >= 0.3 is 0 Å². The molecule has 2 aromatic carbocycles. The first-order valence-electron chi connectivity index (χ1n) is 7.76. The number of anilines is 1. The lowest BCUT2D eigenvalue weighted by Crippen LogP contribution is -2.20. The largest absolute Gasteiger partial charge is 0.484 e. The molecule has 0 aliphatic carbocycles. The smallest absolute Gasteiger partial charge is 0.262 e. The lowest BCUT2D eigenvalue weighted by atomic mass is 10.0. The molecule has 0 radical (unpaired) electrons. The summed E-state index contributed by atoms with van der Waals surface area (Å²) in [5, 5.41) is 12.4. The van der Waals surface area contributed by atoms with Crippen molar-refractivity contribution in [2.24, 2.45) is 0 Å². The molecule has 0 fully saturated rings. The normalized spacial score (nSPS) is 12.0. The summed E-state index contributed by atoms with van der Waals surface area (Å²) in [7, 11) is 0. The van der Waals surface area contributed by atoms with Crippen LogP contribution < -0.4 is 10.1 Å². The molecule has 0 aliphatic heterocycles. The number of aliphatic hydroxyl groups excluding tert-OH is 1. The van der Waals surface area contributed by atoms with Gasteiger partial charge in [-0.15, -0.1) is 0 Å². The van der Waals surface area contributed by atoms with Gasteiger partial charge in [-0.05, 0) is 48.2 Å². The van der Waals surface area contributed by atoms with Crippen LogP contribution in [0.4, 0.5) is 5.69 Å². The maximum absolute atomic E-state index is 12.0. The van der Waals surface area contributed by atoms with Crippen LogP contribution in [0.3, 0.4) is 0 Å². The van der Waals surface area contributed by atoms with E-state index < -0.39 is 6.10 Å². The molecule has 2 N–H and O–H groups in total. The predicted molar refractivity (Wildman–Crippen MR) is 91.7 cm³/mol. The zero-order chi connectivity index (χ0) is 16.8. The third kappa shape index (κ3) is 5.11. The zero-order valence-electron chi connectivity index (χ0n) is 13.7. The van der Waals surface area contributed by atoms with Crippen molar-refractivity contribution in [2.75, 3.05) is 11.9 Å². The maximum Gasteiger partial charge on any atom is 0.262 e. The van der Waals surface area contributed by atoms with E-state index in [0.717, 1.165) is 11.3 Å². The average Bonchev–Trinajstić information content (AvgIpc) is 2.53. The first-order chi connectivity index (χ1) is 11.0. The van der Waals surface area contributed by atoms with Gasteiger partial charge in [0.25, 0.3) is 5.91 Å². The van der Waals surface area contributed by atoms with E-state index in [1.807, 2.05) is 30.3 Å². The molecule has 0 aromatic heterocycles. The second-order valence-corrected chi connectivity index (χ2v) is 5.87. The maximum atomic E-state index is 12.0. The van der Waals surface area contributed by atoms with E-state index in [4.69, 9.17) is 4.74 Å². The van der Waals surface area contributed by atoms with Crippen LogP contribution in [0.5, 0.6) is 5.75 Å². The van der Waals surface area contributed by atoms with Crippen molar-refractivity contribution in [3.05, 3.63) is 59.7 Å². The highest BCUT2D eigenvalue weighted by molar-refractivity contribution is 5.91. The number of nitrogens with one attached hydrogen (secondary N) is 1. The molecule has 0 saturated heterocycles. The minimum atomic E-state index is -0.564. The first kappa shape index (κ1) is 17.0. The van der Waals surface area contributed by atoms with Crippen molar-refractivity contribution < 1.29 is 14.6 Å². The molecular weight excluding hydrogens is 290 g/mol. The fourth-order valence-corrected chi connectivity index (χ4v) is 2.19. The van der Waals surface area contributed by atoms with E-state index >= 15 is 0 Å². The van der Waals surface area contributed by atoms with Gasteiger partial charge in [0, 0.05) is 5.69 Å². The van der Waals surface area contributed by atoms with Crippen molar-refractivity contribution in [3.63, 3.8) is 0 Å². The van der Waals surface area contributed by atoms with Crippen molar-refractivity contribution in [1.82, 2.24) is 0 Å². The molecule has 1 amide bonds. The van der Waals surface area contributed by atoms with Gasteiger partial charge < -0.3 is 15.2 Å². The Kier molecular flexibility index (Phi) is 5.77. The SMILES string of the molecule is CC(C)c1cccc(NC(=O)COc2cccc(C(C)O)c2)c1. The second kappa shape index (κ2) is 7.79. The van der Waals surface area contributed by atoms with Crippen LogP contribution in [0.1, 0.15) is 43.9 Å². The molecule has 1 unspecified atom stereocenters. The molecule has 2 rings (SSSR count). The van der Waals surface area contributed by atoms with Gasteiger partial charge in [0.15, 0.2) is 6.61 Å². The van der Waals surface area contributed by atoms with Crippen molar-refractivity contribution in [1.29, 1.82) is 0 Å². The third-order valence-electron chi connectivity index (χ3n) is 3.55. The topological polar surface area (TPSA) is 58.6 Å². The van der Waals surface area contributed by atoms with Crippen molar-refractivity contribution in [3.8, 4) is 5.75 Å². The fourth-order valence-electron chi connectivity index (χ4n) is 2.19. The first-order valence-corrected chi connectivity index (χ1v) is 7.76. The van der Waals surface area contributed by atoms with E-state index in [1.54, 1.807) is 25.1 Å². The molecule has 0 bridgehead atoms. The summed E-state index contributed by atoms with van der Waals surface area (Å²) in [6, 6.07) is 14.9. The fraction of sp³-hybridized carbons (Fsp3) is 0.316. The molecule has 1 atom stereocenters. The summed E-state index contributed by atoms with van der Waals surface area (Å²) >= 11 is 0. The number of rotatable bonds is 6. The minimum absolute atomic E-state index is 0.0742. The van der Waals surface area contributed by atoms with Gasteiger partial charge in [0.05, 0.1) is 6.10 Å². The average molecular weight is 313 g/mol. The van der Waals surface area contributed by atoms with Gasteiger partial charge in [-0.1, -0.05) is 38.1 Å². The number of hydrogen-bond acceptors (Lipinski definition) is 3. The summed E-state index contributed by atoms with van der Waals surface area (Å²) in [4.78, 5) is 12.0. The predicted octanol–water partition coefficient (Wildman–Crippen LogP) is 3.88. The molecule has 0 aliphatic rings. The highest BCUT2D eigenvalue weighted by atomic mass is 16.5. The summed E-state index contributed by atoms with van der Waals surface area (Å²) < 4.78 is 5.49. The number of carbonyl (C=O) groups excluding carboxylic acids is 1. The second-order valence-electron chi connectivity index (χ2n) is 5.87. The number of benzene rings is 2. The summed E-state index contributed by atoms with van der Waals surface area (Å²) in [6.07, 6.45) is -0.564. The van der Waals surface area contributed by atoms with E-state index in [1.165, 1.54) is 5.56 Å². The molecule has 4 nitrogen and oxygen atoms in total. The molecule has 2 aromatic rings. The van der Waals surface area contributed by atoms with Crippen LogP contribution in [0.25, 0.3) is 0 Å². The van der Waals surface area contributed by atoms with Crippen LogP contribution in [0, 0.1) is 0 Å². The molecular formula is C19H23NO3. The monoisotopic (exact) mass is 313 g/mol. The Morgan fingerprint density at radius 2 is 1.78 bits per heavy atom. The number of ether oxygens (including phenoxy) is 1. The van der Waals surface area contributed by atoms with Gasteiger partial charge in [-0.3, -0.25) is 4.79 Å². The van der Waals surface area contributed by atoms with Crippen LogP contribution in [-0.4, -0.2) is 17.6 Å². The third-order valence-corrected chi connectivity index (χ3v) is 3.55. The zero-order valence-corrected chi connectivity index (χ0v) is 13.7. The van der Waals surface area contributed by atoms with Crippen LogP contribution in [0.15, 0.2) is 48.5 Å². The van der Waals surface area contributed by atoms with E-state index in [-0.39, 0.29) is 12.5 Å². The Morgan fingerprint density at radius 1 is 1.09 bits per heavy atom. The summed E-state index contributed by atoms with van der Waals surface area (Å²) in [5.74, 6) is 0.758. The lowest BCUT2D eigenvalue weighted by molar-refractivity contribution is -0.118. The number of aliphatic hydroxyl groups is 1. The van der Waals surface area contributed by atoms with E-state index in [2.05, 4.69) is 19.2 Å². The Labute approximate surface area is 137 Å². The number of hydrogen-bond donors (Lipinski definition) is 2. The van der Waals surface area contributed by atoms with Gasteiger partial charge in [-0.2, -0.15) is 0 Å². The Hall–Kier alpha value is -2.33. The minimum Gasteiger partial charge on any atom is -0.484 e. The number of carbonyl (C=O) groups is 1. The summed E-state index contributed by atoms with van der Waals surface area (Å²) in [5.41, 5.74) is 2.70.